The number of hydrogen-bond acceptors (Lipinski definition) is 6. The van der Waals surface area contributed by atoms with Crippen molar-refractivity contribution in [3.8, 4) is 0 Å². The Bertz CT molecular complexity index is 586. The molecule has 1 saturated heterocycles. The van der Waals surface area contributed by atoms with E-state index in [1.54, 1.807) is 17.7 Å². The summed E-state index contributed by atoms with van der Waals surface area (Å²) in [7, 11) is 0. The number of piperazine rings is 1. The molecular weight excluding hydrogens is 270 g/mol. The van der Waals surface area contributed by atoms with Crippen molar-refractivity contribution in [2.24, 2.45) is 5.73 Å². The molecule has 1 aliphatic rings. The van der Waals surface area contributed by atoms with Crippen molar-refractivity contribution in [3.63, 3.8) is 0 Å². The molecule has 0 atom stereocenters. The van der Waals surface area contributed by atoms with Crippen LogP contribution in [0.5, 0.6) is 0 Å². The molecule has 2 aromatic heterocycles. The zero-order valence-corrected chi connectivity index (χ0v) is 12.9. The van der Waals surface area contributed by atoms with Gasteiger partial charge in [0.05, 0.1) is 10.2 Å². The molecule has 20 heavy (non-hydrogen) atoms. The minimum absolute atomic E-state index is 0.0794. The van der Waals surface area contributed by atoms with Gasteiger partial charge >= 0.3 is 0 Å². The molecule has 5 nitrogen and oxygen atoms in total. The Morgan fingerprint density at radius 2 is 2.00 bits per heavy atom. The molecule has 3 heterocycles. The highest BCUT2D eigenvalue weighted by molar-refractivity contribution is 7.17. The highest BCUT2D eigenvalue weighted by Gasteiger charge is 2.29. The molecule has 108 valence electrons. The van der Waals surface area contributed by atoms with Gasteiger partial charge in [-0.05, 0) is 25.3 Å². The van der Waals surface area contributed by atoms with Crippen LogP contribution in [-0.2, 0) is 0 Å². The van der Waals surface area contributed by atoms with Gasteiger partial charge in [0.1, 0.15) is 12.1 Å². The number of thiophene rings is 1. The van der Waals surface area contributed by atoms with Crippen LogP contribution in [0.4, 0.5) is 5.82 Å². The van der Waals surface area contributed by atoms with E-state index >= 15 is 0 Å². The Morgan fingerprint density at radius 3 is 2.70 bits per heavy atom. The Hall–Kier alpha value is -1.24. The predicted octanol–water partition coefficient (Wildman–Crippen LogP) is 1.55. The number of anilines is 1. The number of rotatable bonds is 3. The van der Waals surface area contributed by atoms with Crippen LogP contribution in [0.15, 0.2) is 17.8 Å². The first-order chi connectivity index (χ1) is 9.62. The number of nitrogens with two attached hydrogens (primary N) is 1. The Morgan fingerprint density at radius 1 is 1.25 bits per heavy atom. The highest BCUT2D eigenvalue weighted by Crippen LogP contribution is 2.29. The molecule has 0 aliphatic carbocycles. The largest absolute Gasteiger partial charge is 0.353 e. The highest BCUT2D eigenvalue weighted by atomic mass is 32.1. The molecule has 0 aromatic carbocycles. The lowest BCUT2D eigenvalue weighted by Crippen LogP contribution is -2.57. The van der Waals surface area contributed by atoms with Crippen LogP contribution in [0.25, 0.3) is 10.2 Å². The monoisotopic (exact) mass is 291 g/mol. The Kier molecular flexibility index (Phi) is 3.62. The summed E-state index contributed by atoms with van der Waals surface area (Å²) >= 11 is 1.72. The number of fused-ring (bicyclic) bond motifs is 1. The van der Waals surface area contributed by atoms with Crippen molar-refractivity contribution in [2.75, 3.05) is 37.6 Å². The van der Waals surface area contributed by atoms with E-state index in [1.807, 2.05) is 0 Å². The minimum atomic E-state index is 0.0794. The van der Waals surface area contributed by atoms with Crippen molar-refractivity contribution in [1.29, 1.82) is 0 Å². The van der Waals surface area contributed by atoms with Crippen molar-refractivity contribution in [1.82, 2.24) is 14.9 Å². The summed E-state index contributed by atoms with van der Waals surface area (Å²) in [4.78, 5) is 13.6. The first-order valence-corrected chi connectivity index (χ1v) is 7.88. The maximum atomic E-state index is 5.87. The van der Waals surface area contributed by atoms with E-state index in [0.29, 0.717) is 6.54 Å². The van der Waals surface area contributed by atoms with E-state index in [9.17, 15) is 0 Å². The molecule has 2 N–H and O–H groups in total. The fourth-order valence-electron chi connectivity index (χ4n) is 2.65. The van der Waals surface area contributed by atoms with Gasteiger partial charge in [-0.1, -0.05) is 0 Å². The van der Waals surface area contributed by atoms with E-state index in [1.165, 1.54) is 4.70 Å². The van der Waals surface area contributed by atoms with E-state index in [4.69, 9.17) is 5.73 Å². The van der Waals surface area contributed by atoms with Gasteiger partial charge in [0, 0.05) is 38.3 Å². The second-order valence-corrected chi connectivity index (χ2v) is 6.74. The predicted molar refractivity (Wildman–Crippen MR) is 84.3 cm³/mol. The number of nitrogens with zero attached hydrogens (tertiary/aromatic N) is 4. The summed E-state index contributed by atoms with van der Waals surface area (Å²) in [6.45, 7) is 9.16. The summed E-state index contributed by atoms with van der Waals surface area (Å²) in [6.07, 6.45) is 1.67. The van der Waals surface area contributed by atoms with Gasteiger partial charge in [0.15, 0.2) is 0 Å². The van der Waals surface area contributed by atoms with Gasteiger partial charge in [-0.15, -0.1) is 11.3 Å². The third-order valence-electron chi connectivity index (χ3n) is 4.16. The first kappa shape index (κ1) is 13.7. The lowest BCUT2D eigenvalue weighted by Gasteiger charge is -2.43. The molecule has 1 aliphatic heterocycles. The minimum Gasteiger partial charge on any atom is -0.353 e. The lowest BCUT2D eigenvalue weighted by molar-refractivity contribution is 0.119. The maximum absolute atomic E-state index is 5.87. The molecule has 0 bridgehead atoms. The average molecular weight is 291 g/mol. The van der Waals surface area contributed by atoms with Crippen molar-refractivity contribution in [3.05, 3.63) is 17.8 Å². The second kappa shape index (κ2) is 5.27. The quantitative estimate of drug-likeness (QED) is 0.930. The molecule has 0 spiro atoms. The van der Waals surface area contributed by atoms with Gasteiger partial charge in [0.25, 0.3) is 0 Å². The Labute approximate surface area is 123 Å². The molecule has 0 saturated carbocycles. The topological polar surface area (TPSA) is 58.3 Å². The Balaban J connectivity index is 1.77. The zero-order chi connectivity index (χ0) is 14.2. The van der Waals surface area contributed by atoms with Crippen molar-refractivity contribution in [2.45, 2.75) is 19.4 Å². The van der Waals surface area contributed by atoms with Gasteiger partial charge < -0.3 is 10.6 Å². The summed E-state index contributed by atoms with van der Waals surface area (Å²) in [5, 5.41) is 2.08. The molecule has 0 unspecified atom stereocenters. The third-order valence-corrected chi connectivity index (χ3v) is 5.06. The van der Waals surface area contributed by atoms with Crippen LogP contribution in [0, 0.1) is 0 Å². The van der Waals surface area contributed by atoms with E-state index in [-0.39, 0.29) is 5.54 Å². The SMILES string of the molecule is CC(C)(CN)N1CCN(c2ncnc3ccsc23)CC1. The molecule has 3 rings (SSSR count). The van der Waals surface area contributed by atoms with Gasteiger partial charge in [-0.25, -0.2) is 9.97 Å². The van der Waals surface area contributed by atoms with Crippen molar-refractivity contribution >= 4 is 27.4 Å². The number of hydrogen-bond donors (Lipinski definition) is 1. The molecular formula is C14H21N5S. The summed E-state index contributed by atoms with van der Waals surface area (Å²) in [5.41, 5.74) is 6.99. The van der Waals surface area contributed by atoms with E-state index < -0.39 is 0 Å². The molecule has 6 heteroatoms. The third kappa shape index (κ3) is 2.39. The van der Waals surface area contributed by atoms with Crippen LogP contribution < -0.4 is 10.6 Å². The van der Waals surface area contributed by atoms with Gasteiger partial charge in [0.2, 0.25) is 0 Å². The molecule has 0 radical (unpaired) electrons. The van der Waals surface area contributed by atoms with Crippen LogP contribution in [0.3, 0.4) is 0 Å². The fraction of sp³-hybridized carbons (Fsp3) is 0.571. The smallest absolute Gasteiger partial charge is 0.150 e. The summed E-state index contributed by atoms with van der Waals surface area (Å²) in [6, 6.07) is 2.05. The lowest BCUT2D eigenvalue weighted by atomic mass is 10.0. The standard InChI is InChI=1S/C14H21N5S/c1-14(2,9-15)19-6-4-18(5-7-19)13-12-11(3-8-20-12)16-10-17-13/h3,8,10H,4-7,9,15H2,1-2H3. The van der Waals surface area contributed by atoms with Crippen LogP contribution in [0.2, 0.25) is 0 Å². The van der Waals surface area contributed by atoms with E-state index in [0.717, 1.165) is 37.5 Å². The normalized spacial score (nSPS) is 17.9. The van der Waals surface area contributed by atoms with Gasteiger partial charge in [-0.3, -0.25) is 4.90 Å². The first-order valence-electron chi connectivity index (χ1n) is 7.00. The fourth-order valence-corrected chi connectivity index (χ4v) is 3.52. The number of aromatic nitrogens is 2. The second-order valence-electron chi connectivity index (χ2n) is 5.82. The van der Waals surface area contributed by atoms with Gasteiger partial charge in [-0.2, -0.15) is 0 Å². The molecule has 0 amide bonds. The van der Waals surface area contributed by atoms with Crippen LogP contribution in [0.1, 0.15) is 13.8 Å². The zero-order valence-electron chi connectivity index (χ0n) is 12.0. The summed E-state index contributed by atoms with van der Waals surface area (Å²) < 4.78 is 1.19. The van der Waals surface area contributed by atoms with Crippen LogP contribution >= 0.6 is 11.3 Å². The van der Waals surface area contributed by atoms with E-state index in [2.05, 4.69) is 45.1 Å². The molecule has 1 fully saturated rings. The van der Waals surface area contributed by atoms with Crippen LogP contribution in [-0.4, -0.2) is 53.1 Å². The summed E-state index contributed by atoms with van der Waals surface area (Å²) in [5.74, 6) is 1.08. The van der Waals surface area contributed by atoms with Crippen molar-refractivity contribution < 1.29 is 0 Å². The average Bonchev–Trinajstić information content (AvgIpc) is 2.95. The maximum Gasteiger partial charge on any atom is 0.150 e. The molecule has 2 aromatic rings.